The molecule has 0 amide bonds. The van der Waals surface area contributed by atoms with Crippen molar-refractivity contribution in [2.45, 2.75) is 11.8 Å². The standard InChI is InChI=1S/C14H14N2O2S2/c1-10-5-7-12(8-6-10)16-20(17,18)13-4-2-3-11(9-13)14(15)19/h2-9,16H,1H3,(H2,15,19). The molecular weight excluding hydrogens is 292 g/mol. The monoisotopic (exact) mass is 306 g/mol. The van der Waals surface area contributed by atoms with Crippen LogP contribution in [0.15, 0.2) is 53.4 Å². The third-order valence-electron chi connectivity index (χ3n) is 2.73. The van der Waals surface area contributed by atoms with Gasteiger partial charge in [-0.25, -0.2) is 8.42 Å². The number of benzene rings is 2. The SMILES string of the molecule is Cc1ccc(NS(=O)(=O)c2cccc(C(N)=S)c2)cc1. The van der Waals surface area contributed by atoms with E-state index in [1.54, 1.807) is 24.3 Å². The van der Waals surface area contributed by atoms with Crippen molar-refractivity contribution in [3.63, 3.8) is 0 Å². The predicted octanol–water partition coefficient (Wildman–Crippen LogP) is 2.43. The van der Waals surface area contributed by atoms with Gasteiger partial charge in [0.05, 0.1) is 4.90 Å². The zero-order valence-corrected chi connectivity index (χ0v) is 12.5. The molecule has 6 heteroatoms. The molecule has 0 saturated carbocycles. The summed E-state index contributed by atoms with van der Waals surface area (Å²) in [5, 5.41) is 0. The Morgan fingerprint density at radius 3 is 2.40 bits per heavy atom. The quantitative estimate of drug-likeness (QED) is 0.851. The van der Waals surface area contributed by atoms with E-state index in [-0.39, 0.29) is 9.88 Å². The molecule has 0 atom stereocenters. The topological polar surface area (TPSA) is 72.2 Å². The van der Waals surface area contributed by atoms with E-state index in [1.807, 2.05) is 19.1 Å². The largest absolute Gasteiger partial charge is 0.389 e. The molecule has 2 aromatic carbocycles. The van der Waals surface area contributed by atoms with Gasteiger partial charge in [0.25, 0.3) is 10.0 Å². The lowest BCUT2D eigenvalue weighted by Crippen LogP contribution is -2.15. The number of aryl methyl sites for hydroxylation is 1. The summed E-state index contributed by atoms with van der Waals surface area (Å²) < 4.78 is 27.0. The van der Waals surface area contributed by atoms with Gasteiger partial charge in [0.15, 0.2) is 0 Å². The molecule has 2 aromatic rings. The van der Waals surface area contributed by atoms with E-state index in [9.17, 15) is 8.42 Å². The van der Waals surface area contributed by atoms with Gasteiger partial charge in [0, 0.05) is 11.3 Å². The molecule has 0 heterocycles. The number of hydrogen-bond donors (Lipinski definition) is 2. The van der Waals surface area contributed by atoms with Crippen LogP contribution < -0.4 is 10.5 Å². The van der Waals surface area contributed by atoms with Crippen molar-refractivity contribution in [1.82, 2.24) is 0 Å². The van der Waals surface area contributed by atoms with Gasteiger partial charge in [-0.05, 0) is 31.2 Å². The minimum atomic E-state index is -3.65. The maximum absolute atomic E-state index is 12.3. The predicted molar refractivity (Wildman–Crippen MR) is 84.3 cm³/mol. The van der Waals surface area contributed by atoms with E-state index in [0.29, 0.717) is 11.3 Å². The maximum atomic E-state index is 12.3. The summed E-state index contributed by atoms with van der Waals surface area (Å²) in [6, 6.07) is 13.3. The number of thiocarbonyl (C=S) groups is 1. The average Bonchev–Trinajstić information content (AvgIpc) is 2.41. The average molecular weight is 306 g/mol. The van der Waals surface area contributed by atoms with Gasteiger partial charge in [-0.1, -0.05) is 42.0 Å². The summed E-state index contributed by atoms with van der Waals surface area (Å²) in [7, 11) is -3.65. The zero-order chi connectivity index (χ0) is 14.8. The first-order chi connectivity index (χ1) is 9.38. The van der Waals surface area contributed by atoms with Crippen LogP contribution in [0.3, 0.4) is 0 Å². The molecule has 0 aliphatic carbocycles. The first-order valence-corrected chi connectivity index (χ1v) is 7.77. The smallest absolute Gasteiger partial charge is 0.261 e. The Bertz CT molecular complexity index is 738. The highest BCUT2D eigenvalue weighted by Gasteiger charge is 2.14. The van der Waals surface area contributed by atoms with Crippen LogP contribution in [-0.4, -0.2) is 13.4 Å². The third kappa shape index (κ3) is 3.34. The van der Waals surface area contributed by atoms with Crippen LogP contribution >= 0.6 is 12.2 Å². The minimum Gasteiger partial charge on any atom is -0.389 e. The van der Waals surface area contributed by atoms with Crippen molar-refractivity contribution in [1.29, 1.82) is 0 Å². The van der Waals surface area contributed by atoms with Crippen molar-refractivity contribution >= 4 is 32.9 Å². The van der Waals surface area contributed by atoms with Crippen LogP contribution in [-0.2, 0) is 10.0 Å². The minimum absolute atomic E-state index is 0.128. The van der Waals surface area contributed by atoms with Crippen molar-refractivity contribution in [3.8, 4) is 0 Å². The Kier molecular flexibility index (Phi) is 4.06. The van der Waals surface area contributed by atoms with Gasteiger partial charge in [-0.2, -0.15) is 0 Å². The van der Waals surface area contributed by atoms with E-state index in [1.165, 1.54) is 12.1 Å². The van der Waals surface area contributed by atoms with Crippen LogP contribution in [0.25, 0.3) is 0 Å². The second-order valence-corrected chi connectivity index (χ2v) is 6.49. The number of anilines is 1. The van der Waals surface area contributed by atoms with E-state index < -0.39 is 10.0 Å². The van der Waals surface area contributed by atoms with Crippen molar-refractivity contribution in [3.05, 3.63) is 59.7 Å². The number of sulfonamides is 1. The summed E-state index contributed by atoms with van der Waals surface area (Å²) >= 11 is 4.85. The van der Waals surface area contributed by atoms with Crippen LogP contribution in [0.4, 0.5) is 5.69 Å². The molecule has 0 fully saturated rings. The lowest BCUT2D eigenvalue weighted by Gasteiger charge is -2.09. The summed E-state index contributed by atoms with van der Waals surface area (Å²) in [6.07, 6.45) is 0. The fraction of sp³-hybridized carbons (Fsp3) is 0.0714. The van der Waals surface area contributed by atoms with E-state index in [2.05, 4.69) is 4.72 Å². The Morgan fingerprint density at radius 2 is 1.80 bits per heavy atom. The Labute approximate surface area is 123 Å². The lowest BCUT2D eigenvalue weighted by atomic mass is 10.2. The second kappa shape index (κ2) is 5.60. The number of hydrogen-bond acceptors (Lipinski definition) is 3. The molecule has 2 rings (SSSR count). The molecular formula is C14H14N2O2S2. The molecule has 0 radical (unpaired) electrons. The van der Waals surface area contributed by atoms with Gasteiger partial charge in [0.2, 0.25) is 0 Å². The van der Waals surface area contributed by atoms with Crippen LogP contribution in [0.1, 0.15) is 11.1 Å². The van der Waals surface area contributed by atoms with Crippen LogP contribution in [0, 0.1) is 6.92 Å². The number of nitrogens with two attached hydrogens (primary N) is 1. The van der Waals surface area contributed by atoms with E-state index in [4.69, 9.17) is 18.0 Å². The van der Waals surface area contributed by atoms with Crippen molar-refractivity contribution in [2.75, 3.05) is 4.72 Å². The number of nitrogens with one attached hydrogen (secondary N) is 1. The summed E-state index contributed by atoms with van der Waals surface area (Å²) in [4.78, 5) is 0.292. The molecule has 0 aliphatic heterocycles. The molecule has 0 spiro atoms. The molecule has 0 aliphatic rings. The molecule has 20 heavy (non-hydrogen) atoms. The Balaban J connectivity index is 2.33. The zero-order valence-electron chi connectivity index (χ0n) is 10.8. The highest BCUT2D eigenvalue weighted by atomic mass is 32.2. The van der Waals surface area contributed by atoms with E-state index in [0.717, 1.165) is 5.56 Å². The second-order valence-electron chi connectivity index (χ2n) is 4.36. The van der Waals surface area contributed by atoms with Gasteiger partial charge in [-0.3, -0.25) is 4.72 Å². The van der Waals surface area contributed by atoms with Crippen LogP contribution in [0.5, 0.6) is 0 Å². The highest BCUT2D eigenvalue weighted by molar-refractivity contribution is 7.92. The number of rotatable bonds is 4. The third-order valence-corrected chi connectivity index (χ3v) is 4.35. The highest BCUT2D eigenvalue weighted by Crippen LogP contribution is 2.17. The molecule has 4 nitrogen and oxygen atoms in total. The van der Waals surface area contributed by atoms with E-state index >= 15 is 0 Å². The molecule has 0 bridgehead atoms. The summed E-state index contributed by atoms with van der Waals surface area (Å²) in [5.74, 6) is 0. The first kappa shape index (κ1) is 14.5. The van der Waals surface area contributed by atoms with Gasteiger partial charge >= 0.3 is 0 Å². The van der Waals surface area contributed by atoms with Gasteiger partial charge < -0.3 is 5.73 Å². The van der Waals surface area contributed by atoms with Gasteiger partial charge in [0.1, 0.15) is 4.99 Å². The van der Waals surface area contributed by atoms with Crippen LogP contribution in [0.2, 0.25) is 0 Å². The molecule has 0 aromatic heterocycles. The van der Waals surface area contributed by atoms with Gasteiger partial charge in [-0.15, -0.1) is 0 Å². The van der Waals surface area contributed by atoms with Crippen molar-refractivity contribution < 1.29 is 8.42 Å². The Hall–Kier alpha value is -1.92. The fourth-order valence-electron chi connectivity index (χ4n) is 1.65. The molecule has 0 saturated heterocycles. The summed E-state index contributed by atoms with van der Waals surface area (Å²) in [5.41, 5.74) is 7.60. The lowest BCUT2D eigenvalue weighted by molar-refractivity contribution is 0.601. The normalized spacial score (nSPS) is 11.1. The maximum Gasteiger partial charge on any atom is 0.261 e. The molecule has 104 valence electrons. The fourth-order valence-corrected chi connectivity index (χ4v) is 2.88. The summed E-state index contributed by atoms with van der Waals surface area (Å²) in [6.45, 7) is 1.93. The first-order valence-electron chi connectivity index (χ1n) is 5.88. The van der Waals surface area contributed by atoms with Crippen molar-refractivity contribution in [2.24, 2.45) is 5.73 Å². The molecule has 3 N–H and O–H groups in total. The Morgan fingerprint density at radius 1 is 1.15 bits per heavy atom. The molecule has 0 unspecified atom stereocenters.